The van der Waals surface area contributed by atoms with Crippen LogP contribution < -0.4 is 10.2 Å². The molecule has 1 saturated heterocycles. The van der Waals surface area contributed by atoms with E-state index in [1.54, 1.807) is 27.7 Å². The Morgan fingerprint density at radius 1 is 0.778 bits per heavy atom. The van der Waals surface area contributed by atoms with Crippen LogP contribution in [0.1, 0.15) is 27.7 Å². The SMILES string of the molecule is CC1(C)OB(c2ccc(Oc3c(F)c(F)cc(F)c3F)cc2F)OC1(C)C. The van der Waals surface area contributed by atoms with Gasteiger partial charge in [-0.25, -0.2) is 13.2 Å². The summed E-state index contributed by atoms with van der Waals surface area (Å²) in [6.45, 7) is 7.19. The van der Waals surface area contributed by atoms with Gasteiger partial charge in [-0.05, 0) is 33.8 Å². The molecule has 0 spiro atoms. The molecule has 144 valence electrons. The molecular formula is C18H16BF5O3. The van der Waals surface area contributed by atoms with Gasteiger partial charge in [-0.3, -0.25) is 0 Å². The molecule has 3 rings (SSSR count). The molecule has 0 N–H and O–H groups in total. The van der Waals surface area contributed by atoms with Crippen molar-refractivity contribution in [3.63, 3.8) is 0 Å². The van der Waals surface area contributed by atoms with E-state index in [0.717, 1.165) is 6.07 Å². The van der Waals surface area contributed by atoms with Crippen LogP contribution in [0.3, 0.4) is 0 Å². The van der Waals surface area contributed by atoms with Crippen molar-refractivity contribution in [1.29, 1.82) is 0 Å². The monoisotopic (exact) mass is 386 g/mol. The second kappa shape index (κ2) is 6.49. The minimum absolute atomic E-state index is 0.0485. The van der Waals surface area contributed by atoms with Crippen molar-refractivity contribution in [3.8, 4) is 11.5 Å². The summed E-state index contributed by atoms with van der Waals surface area (Å²) in [7, 11) is -0.996. The number of benzene rings is 2. The van der Waals surface area contributed by atoms with Gasteiger partial charge in [0.15, 0.2) is 11.6 Å². The molecule has 0 saturated carbocycles. The predicted molar refractivity (Wildman–Crippen MR) is 88.5 cm³/mol. The molecule has 3 nitrogen and oxygen atoms in total. The van der Waals surface area contributed by atoms with Crippen LogP contribution in [0, 0.1) is 29.1 Å². The Kier molecular flexibility index (Phi) is 4.72. The van der Waals surface area contributed by atoms with E-state index in [9.17, 15) is 22.0 Å². The molecule has 0 aliphatic carbocycles. The molecule has 1 aliphatic rings. The van der Waals surface area contributed by atoms with Gasteiger partial charge in [0.05, 0.1) is 11.2 Å². The quantitative estimate of drug-likeness (QED) is 0.443. The fourth-order valence-corrected chi connectivity index (χ4v) is 2.49. The summed E-state index contributed by atoms with van der Waals surface area (Å²) in [6, 6.07) is 3.31. The maximum Gasteiger partial charge on any atom is 0.497 e. The van der Waals surface area contributed by atoms with E-state index < -0.39 is 53.2 Å². The highest BCUT2D eigenvalue weighted by molar-refractivity contribution is 6.62. The summed E-state index contributed by atoms with van der Waals surface area (Å²) in [4.78, 5) is 0. The Balaban J connectivity index is 1.89. The summed E-state index contributed by atoms with van der Waals surface area (Å²) in [5.41, 5.74) is -1.33. The van der Waals surface area contributed by atoms with Gasteiger partial charge in [0, 0.05) is 17.6 Å². The molecule has 0 unspecified atom stereocenters. The highest BCUT2D eigenvalue weighted by Crippen LogP contribution is 2.37. The van der Waals surface area contributed by atoms with E-state index >= 15 is 0 Å². The van der Waals surface area contributed by atoms with Crippen molar-refractivity contribution in [2.45, 2.75) is 38.9 Å². The Hall–Kier alpha value is -2.13. The molecular weight excluding hydrogens is 370 g/mol. The Bertz CT molecular complexity index is 859. The first-order chi connectivity index (χ1) is 12.4. The van der Waals surface area contributed by atoms with E-state index in [2.05, 4.69) is 0 Å². The van der Waals surface area contributed by atoms with Crippen LogP contribution in [0.5, 0.6) is 11.5 Å². The molecule has 0 atom stereocenters. The van der Waals surface area contributed by atoms with Gasteiger partial charge in [0.25, 0.3) is 0 Å². The molecule has 2 aromatic carbocycles. The first-order valence-electron chi connectivity index (χ1n) is 8.09. The molecule has 0 bridgehead atoms. The minimum Gasteiger partial charge on any atom is -0.451 e. The summed E-state index contributed by atoms with van der Waals surface area (Å²) < 4.78 is 84.7. The van der Waals surface area contributed by atoms with Crippen LogP contribution in [0.15, 0.2) is 24.3 Å². The zero-order chi connectivity index (χ0) is 20.1. The summed E-state index contributed by atoms with van der Waals surface area (Å²) >= 11 is 0. The Morgan fingerprint density at radius 3 is 1.78 bits per heavy atom. The number of halogens is 5. The van der Waals surface area contributed by atoms with Gasteiger partial charge in [-0.15, -0.1) is 0 Å². The van der Waals surface area contributed by atoms with E-state index in [0.29, 0.717) is 0 Å². The normalized spacial score (nSPS) is 18.0. The average molecular weight is 386 g/mol. The van der Waals surface area contributed by atoms with E-state index in [1.165, 1.54) is 12.1 Å². The van der Waals surface area contributed by atoms with Gasteiger partial charge in [0.1, 0.15) is 11.6 Å². The highest BCUT2D eigenvalue weighted by atomic mass is 19.2. The Labute approximate surface area is 153 Å². The lowest BCUT2D eigenvalue weighted by atomic mass is 9.78. The molecule has 1 heterocycles. The first kappa shape index (κ1) is 19.6. The van der Waals surface area contributed by atoms with Gasteiger partial charge in [-0.1, -0.05) is 6.07 Å². The van der Waals surface area contributed by atoms with Crippen molar-refractivity contribution in [2.24, 2.45) is 0 Å². The van der Waals surface area contributed by atoms with E-state index in [1.807, 2.05) is 0 Å². The smallest absolute Gasteiger partial charge is 0.451 e. The van der Waals surface area contributed by atoms with E-state index in [-0.39, 0.29) is 17.3 Å². The molecule has 1 aliphatic heterocycles. The number of hydrogen-bond donors (Lipinski definition) is 0. The fraction of sp³-hybridized carbons (Fsp3) is 0.333. The maximum atomic E-state index is 14.5. The van der Waals surface area contributed by atoms with Crippen molar-refractivity contribution >= 4 is 12.6 Å². The van der Waals surface area contributed by atoms with Crippen molar-refractivity contribution < 1.29 is 36.0 Å². The number of rotatable bonds is 3. The van der Waals surface area contributed by atoms with E-state index in [4.69, 9.17) is 14.0 Å². The van der Waals surface area contributed by atoms with Crippen LogP contribution in [0.4, 0.5) is 22.0 Å². The number of ether oxygens (including phenoxy) is 1. The van der Waals surface area contributed by atoms with Crippen LogP contribution in [0.25, 0.3) is 0 Å². The van der Waals surface area contributed by atoms with Crippen LogP contribution in [0.2, 0.25) is 0 Å². The fourth-order valence-electron chi connectivity index (χ4n) is 2.49. The van der Waals surface area contributed by atoms with Crippen LogP contribution in [-0.4, -0.2) is 18.3 Å². The summed E-state index contributed by atoms with van der Waals surface area (Å²) in [6.07, 6.45) is 0. The third-order valence-corrected chi connectivity index (χ3v) is 4.77. The minimum atomic E-state index is -1.72. The summed E-state index contributed by atoms with van der Waals surface area (Å²) in [5, 5.41) is 0. The second-order valence-electron chi connectivity index (χ2n) is 7.17. The van der Waals surface area contributed by atoms with Gasteiger partial charge in [0.2, 0.25) is 17.4 Å². The van der Waals surface area contributed by atoms with Crippen LogP contribution >= 0.6 is 0 Å². The van der Waals surface area contributed by atoms with Crippen molar-refractivity contribution in [1.82, 2.24) is 0 Å². The highest BCUT2D eigenvalue weighted by Gasteiger charge is 2.52. The zero-order valence-corrected chi connectivity index (χ0v) is 15.0. The first-order valence-corrected chi connectivity index (χ1v) is 8.09. The Morgan fingerprint density at radius 2 is 1.30 bits per heavy atom. The molecule has 1 fully saturated rings. The topological polar surface area (TPSA) is 27.7 Å². The lowest BCUT2D eigenvalue weighted by Crippen LogP contribution is -2.41. The van der Waals surface area contributed by atoms with Crippen molar-refractivity contribution in [3.05, 3.63) is 53.4 Å². The molecule has 0 aromatic heterocycles. The molecule has 9 heteroatoms. The average Bonchev–Trinajstić information content (AvgIpc) is 2.77. The summed E-state index contributed by atoms with van der Waals surface area (Å²) in [5.74, 6) is -9.17. The lowest BCUT2D eigenvalue weighted by Gasteiger charge is -2.32. The molecule has 0 radical (unpaired) electrons. The molecule has 27 heavy (non-hydrogen) atoms. The zero-order valence-electron chi connectivity index (χ0n) is 15.0. The molecule has 2 aromatic rings. The number of hydrogen-bond acceptors (Lipinski definition) is 3. The third-order valence-electron chi connectivity index (χ3n) is 4.77. The van der Waals surface area contributed by atoms with Crippen molar-refractivity contribution in [2.75, 3.05) is 0 Å². The second-order valence-corrected chi connectivity index (χ2v) is 7.17. The largest absolute Gasteiger partial charge is 0.497 e. The molecule has 0 amide bonds. The standard InChI is InChI=1S/C18H16BF5O3/c1-17(2)18(3,4)27-19(26-17)10-6-5-9(7-11(10)20)25-16-14(23)12(21)8-13(22)15(16)24/h5-8H,1-4H3. The predicted octanol–water partition coefficient (Wildman–Crippen LogP) is 4.47. The maximum absolute atomic E-state index is 14.5. The lowest BCUT2D eigenvalue weighted by molar-refractivity contribution is 0.00578. The van der Waals surface area contributed by atoms with Gasteiger partial charge >= 0.3 is 7.12 Å². The van der Waals surface area contributed by atoms with Gasteiger partial charge in [-0.2, -0.15) is 8.78 Å². The van der Waals surface area contributed by atoms with Crippen LogP contribution in [-0.2, 0) is 9.31 Å². The van der Waals surface area contributed by atoms with Gasteiger partial charge < -0.3 is 14.0 Å². The third kappa shape index (κ3) is 3.41.